The molecule has 27 heavy (non-hydrogen) atoms. The fraction of sp³-hybridized carbons (Fsp3) is 0.250. The van der Waals surface area contributed by atoms with Gasteiger partial charge in [0.15, 0.2) is 17.3 Å². The van der Waals surface area contributed by atoms with E-state index in [9.17, 15) is 18.4 Å². The van der Waals surface area contributed by atoms with E-state index in [1.54, 1.807) is 24.3 Å². The highest BCUT2D eigenvalue weighted by Crippen LogP contribution is 2.17. The number of nitrogens with one attached hydrogen (secondary N) is 1. The molecule has 140 valence electrons. The van der Waals surface area contributed by atoms with E-state index in [2.05, 4.69) is 17.3 Å². The van der Waals surface area contributed by atoms with Gasteiger partial charge in [-0.3, -0.25) is 9.59 Å². The second-order valence-electron chi connectivity index (χ2n) is 6.21. The van der Waals surface area contributed by atoms with Gasteiger partial charge >= 0.3 is 0 Å². The van der Waals surface area contributed by atoms with Crippen molar-refractivity contribution in [2.45, 2.75) is 32.7 Å². The summed E-state index contributed by atoms with van der Waals surface area (Å²) in [5.41, 5.74) is -0.0916. The van der Waals surface area contributed by atoms with Gasteiger partial charge in [-0.1, -0.05) is 38.0 Å². The Morgan fingerprint density at radius 2 is 1.81 bits per heavy atom. The second-order valence-corrected chi connectivity index (χ2v) is 6.21. The third kappa shape index (κ3) is 4.02. The normalized spacial score (nSPS) is 10.9. The minimum absolute atomic E-state index is 0.0615. The number of benzene rings is 2. The molecule has 0 unspecified atom stereocenters. The number of carbonyl (C=O) groups is 1. The van der Waals surface area contributed by atoms with E-state index in [1.807, 2.05) is 0 Å². The summed E-state index contributed by atoms with van der Waals surface area (Å²) in [5.74, 6) is -2.65. The Morgan fingerprint density at radius 3 is 2.52 bits per heavy atom. The molecule has 5 nitrogen and oxygen atoms in total. The number of aromatic nitrogens is 2. The first-order chi connectivity index (χ1) is 13.0. The zero-order valence-corrected chi connectivity index (χ0v) is 14.8. The van der Waals surface area contributed by atoms with Crippen molar-refractivity contribution in [2.75, 3.05) is 5.32 Å². The van der Waals surface area contributed by atoms with Gasteiger partial charge in [-0.15, -0.1) is 0 Å². The molecule has 0 saturated heterocycles. The molecule has 0 spiro atoms. The van der Waals surface area contributed by atoms with Crippen LogP contribution in [-0.4, -0.2) is 15.7 Å². The summed E-state index contributed by atoms with van der Waals surface area (Å²) in [6, 6.07) is 9.80. The van der Waals surface area contributed by atoms with Gasteiger partial charge in [-0.2, -0.15) is 5.10 Å². The number of amides is 1. The van der Waals surface area contributed by atoms with Gasteiger partial charge in [0.05, 0.1) is 5.39 Å². The number of halogens is 2. The molecule has 0 bridgehead atoms. The summed E-state index contributed by atoms with van der Waals surface area (Å²) in [4.78, 5) is 25.3. The maximum absolute atomic E-state index is 13.4. The molecular formula is C20H19F2N3O2. The van der Waals surface area contributed by atoms with Crippen LogP contribution in [0.15, 0.2) is 47.3 Å². The van der Waals surface area contributed by atoms with Crippen molar-refractivity contribution in [3.63, 3.8) is 0 Å². The highest BCUT2D eigenvalue weighted by atomic mass is 19.2. The number of aryl methyl sites for hydroxylation is 1. The molecule has 0 atom stereocenters. The molecule has 2 aromatic carbocycles. The highest BCUT2D eigenvalue weighted by molar-refractivity contribution is 6.11. The summed E-state index contributed by atoms with van der Waals surface area (Å²) in [6.07, 6.45) is 2.70. The van der Waals surface area contributed by atoms with Crippen LogP contribution in [0.5, 0.6) is 0 Å². The van der Waals surface area contributed by atoms with Gasteiger partial charge in [-0.25, -0.2) is 13.5 Å². The van der Waals surface area contributed by atoms with Gasteiger partial charge in [0.2, 0.25) is 0 Å². The summed E-state index contributed by atoms with van der Waals surface area (Å²) in [7, 11) is 0. The Bertz CT molecular complexity index is 1050. The average molecular weight is 371 g/mol. The van der Waals surface area contributed by atoms with E-state index in [0.717, 1.165) is 31.4 Å². The van der Waals surface area contributed by atoms with Crippen LogP contribution < -0.4 is 10.9 Å². The fourth-order valence-electron chi connectivity index (χ4n) is 2.83. The van der Waals surface area contributed by atoms with Crippen LogP contribution in [0, 0.1) is 11.6 Å². The van der Waals surface area contributed by atoms with Crippen LogP contribution >= 0.6 is 0 Å². The van der Waals surface area contributed by atoms with E-state index in [0.29, 0.717) is 17.3 Å². The third-order valence-corrected chi connectivity index (χ3v) is 4.23. The molecule has 0 aliphatic heterocycles. The number of carbonyl (C=O) groups excluding carboxylic acids is 1. The number of anilines is 1. The molecule has 0 fully saturated rings. The standard InChI is InChI=1S/C20H19F2N3O2/c1-2-3-6-11-25-20(27)15-8-5-4-7-14(15)18(24-25)19(26)23-13-9-10-16(21)17(22)12-13/h4-5,7-10,12H,2-3,6,11H2,1H3,(H,23,26). The smallest absolute Gasteiger partial charge is 0.276 e. The highest BCUT2D eigenvalue weighted by Gasteiger charge is 2.17. The number of hydrogen-bond acceptors (Lipinski definition) is 3. The molecule has 0 aliphatic rings. The summed E-state index contributed by atoms with van der Waals surface area (Å²) < 4.78 is 27.8. The molecule has 1 heterocycles. The maximum atomic E-state index is 13.4. The quantitative estimate of drug-likeness (QED) is 0.663. The molecule has 3 rings (SSSR count). The predicted molar refractivity (Wildman–Crippen MR) is 99.8 cm³/mol. The first kappa shape index (κ1) is 18.7. The summed E-state index contributed by atoms with van der Waals surface area (Å²) in [5, 5.41) is 7.54. The lowest BCUT2D eigenvalue weighted by molar-refractivity contribution is 0.102. The van der Waals surface area contributed by atoms with E-state index < -0.39 is 17.5 Å². The third-order valence-electron chi connectivity index (χ3n) is 4.23. The number of hydrogen-bond donors (Lipinski definition) is 1. The second kappa shape index (κ2) is 8.07. The minimum Gasteiger partial charge on any atom is -0.320 e. The topological polar surface area (TPSA) is 64.0 Å². The van der Waals surface area contributed by atoms with E-state index in [-0.39, 0.29) is 16.9 Å². The van der Waals surface area contributed by atoms with Crippen molar-refractivity contribution < 1.29 is 13.6 Å². The van der Waals surface area contributed by atoms with Gasteiger partial charge in [0.1, 0.15) is 0 Å². The molecule has 7 heteroatoms. The van der Waals surface area contributed by atoms with Crippen LogP contribution in [0.3, 0.4) is 0 Å². The van der Waals surface area contributed by atoms with Gasteiger partial charge in [-0.05, 0) is 24.6 Å². The lowest BCUT2D eigenvalue weighted by Gasteiger charge is -2.11. The Labute approximate surface area is 154 Å². The van der Waals surface area contributed by atoms with Crippen LogP contribution in [0.25, 0.3) is 10.8 Å². The molecule has 1 amide bonds. The predicted octanol–water partition coefficient (Wildman–Crippen LogP) is 4.12. The van der Waals surface area contributed by atoms with E-state index >= 15 is 0 Å². The summed E-state index contributed by atoms with van der Waals surface area (Å²) >= 11 is 0. The Hall–Kier alpha value is -3.09. The van der Waals surface area contributed by atoms with Crippen molar-refractivity contribution in [1.29, 1.82) is 0 Å². The number of nitrogens with zero attached hydrogens (tertiary/aromatic N) is 2. The van der Waals surface area contributed by atoms with Gasteiger partial charge in [0.25, 0.3) is 11.5 Å². The molecule has 3 aromatic rings. The minimum atomic E-state index is -1.06. The number of fused-ring (bicyclic) bond motifs is 1. The number of rotatable bonds is 6. The van der Waals surface area contributed by atoms with Crippen molar-refractivity contribution in [3.05, 3.63) is 70.1 Å². The molecule has 0 radical (unpaired) electrons. The number of unbranched alkanes of at least 4 members (excludes halogenated alkanes) is 2. The molecule has 1 N–H and O–H groups in total. The first-order valence-corrected chi connectivity index (χ1v) is 8.77. The fourth-order valence-corrected chi connectivity index (χ4v) is 2.83. The van der Waals surface area contributed by atoms with Crippen LogP contribution in [0.2, 0.25) is 0 Å². The van der Waals surface area contributed by atoms with Crippen molar-refractivity contribution in [3.8, 4) is 0 Å². The Kier molecular flexibility index (Phi) is 5.59. The van der Waals surface area contributed by atoms with Gasteiger partial charge < -0.3 is 5.32 Å². The van der Waals surface area contributed by atoms with Crippen molar-refractivity contribution in [2.24, 2.45) is 0 Å². The largest absolute Gasteiger partial charge is 0.320 e. The van der Waals surface area contributed by atoms with Crippen LogP contribution in [0.1, 0.15) is 36.7 Å². The summed E-state index contributed by atoms with van der Waals surface area (Å²) in [6.45, 7) is 2.46. The average Bonchev–Trinajstić information content (AvgIpc) is 2.66. The molecule has 1 aromatic heterocycles. The van der Waals surface area contributed by atoms with Crippen molar-refractivity contribution >= 4 is 22.4 Å². The first-order valence-electron chi connectivity index (χ1n) is 8.77. The lowest BCUT2D eigenvalue weighted by Crippen LogP contribution is -2.27. The zero-order valence-electron chi connectivity index (χ0n) is 14.8. The molecular weight excluding hydrogens is 352 g/mol. The molecule has 0 aliphatic carbocycles. The van der Waals surface area contributed by atoms with Gasteiger partial charge in [0, 0.05) is 23.7 Å². The van der Waals surface area contributed by atoms with Crippen LogP contribution in [0.4, 0.5) is 14.5 Å². The van der Waals surface area contributed by atoms with Crippen molar-refractivity contribution in [1.82, 2.24) is 9.78 Å². The SMILES string of the molecule is CCCCCn1nc(C(=O)Nc2ccc(F)c(F)c2)c2ccccc2c1=O. The maximum Gasteiger partial charge on any atom is 0.276 e. The van der Waals surface area contributed by atoms with E-state index in [4.69, 9.17) is 0 Å². The monoisotopic (exact) mass is 371 g/mol. The lowest BCUT2D eigenvalue weighted by atomic mass is 10.1. The molecule has 0 saturated carbocycles. The Morgan fingerprint density at radius 1 is 1.07 bits per heavy atom. The van der Waals surface area contributed by atoms with E-state index in [1.165, 1.54) is 10.7 Å². The van der Waals surface area contributed by atoms with Crippen LogP contribution in [-0.2, 0) is 6.54 Å². The Balaban J connectivity index is 2.00. The zero-order chi connectivity index (χ0) is 19.4.